The van der Waals surface area contributed by atoms with E-state index in [2.05, 4.69) is 10.6 Å². The Balaban J connectivity index is 5.34. The summed E-state index contributed by atoms with van der Waals surface area (Å²) in [6, 6.07) is -5.62. The van der Waals surface area contributed by atoms with E-state index in [-0.39, 0.29) is 12.3 Å². The lowest BCUT2D eigenvalue weighted by Crippen LogP contribution is -2.59. The molecule has 0 saturated carbocycles. The molecule has 178 valence electrons. The fourth-order valence-corrected chi connectivity index (χ4v) is 2.43. The lowest BCUT2D eigenvalue weighted by Gasteiger charge is -2.25. The van der Waals surface area contributed by atoms with Crippen molar-refractivity contribution in [2.24, 2.45) is 11.7 Å². The molecule has 0 saturated heterocycles. The Labute approximate surface area is 179 Å². The molecule has 0 aliphatic carbocycles. The Hall–Kier alpha value is -2.77. The van der Waals surface area contributed by atoms with Crippen LogP contribution in [-0.4, -0.2) is 87.0 Å². The Morgan fingerprint density at radius 2 is 1.42 bits per heavy atom. The maximum absolute atomic E-state index is 12.6. The number of aliphatic hydroxyl groups is 2. The molecular weight excluding hydrogens is 416 g/mol. The zero-order chi connectivity index (χ0) is 24.3. The van der Waals surface area contributed by atoms with E-state index in [0.29, 0.717) is 6.42 Å². The number of carbonyl (C=O) groups is 5. The number of hydrogen-bond acceptors (Lipinski definition) is 8. The third-order valence-electron chi connectivity index (χ3n) is 4.70. The SMILES string of the molecule is CCC(C)C(N)C(=O)NC(CCC(=O)O)C(=O)NC(CO)C(=O)NC(C(=O)O)C(C)O. The quantitative estimate of drug-likeness (QED) is 0.135. The van der Waals surface area contributed by atoms with Crippen molar-refractivity contribution >= 4 is 29.7 Å². The van der Waals surface area contributed by atoms with E-state index in [9.17, 15) is 34.2 Å². The van der Waals surface area contributed by atoms with E-state index in [1.54, 1.807) is 6.92 Å². The second-order valence-electron chi connectivity index (χ2n) is 7.21. The predicted molar refractivity (Wildman–Crippen MR) is 106 cm³/mol. The fraction of sp³-hybridized carbons (Fsp3) is 0.722. The number of nitrogens with two attached hydrogens (primary N) is 1. The third-order valence-corrected chi connectivity index (χ3v) is 4.70. The van der Waals surface area contributed by atoms with Crippen LogP contribution in [0.4, 0.5) is 0 Å². The smallest absolute Gasteiger partial charge is 0.328 e. The van der Waals surface area contributed by atoms with Crippen molar-refractivity contribution in [2.75, 3.05) is 6.61 Å². The maximum atomic E-state index is 12.6. The summed E-state index contributed by atoms with van der Waals surface area (Å²) in [4.78, 5) is 59.1. The molecule has 0 heterocycles. The summed E-state index contributed by atoms with van der Waals surface area (Å²) in [5.74, 6) is -5.72. The average molecular weight is 448 g/mol. The number of nitrogens with one attached hydrogen (secondary N) is 3. The molecule has 13 nitrogen and oxygen atoms in total. The molecule has 6 unspecified atom stereocenters. The van der Waals surface area contributed by atoms with Crippen LogP contribution in [-0.2, 0) is 24.0 Å². The van der Waals surface area contributed by atoms with Crippen LogP contribution < -0.4 is 21.7 Å². The van der Waals surface area contributed by atoms with E-state index in [1.165, 1.54) is 0 Å². The molecule has 0 aromatic carbocycles. The van der Waals surface area contributed by atoms with Crippen molar-refractivity contribution < 1.29 is 44.4 Å². The van der Waals surface area contributed by atoms with Gasteiger partial charge in [-0.25, -0.2) is 4.79 Å². The first kappa shape index (κ1) is 28.2. The minimum Gasteiger partial charge on any atom is -0.481 e. The molecule has 0 fully saturated rings. The third kappa shape index (κ3) is 9.72. The van der Waals surface area contributed by atoms with Gasteiger partial charge in [-0.05, 0) is 19.3 Å². The molecule has 0 bridgehead atoms. The van der Waals surface area contributed by atoms with E-state index >= 15 is 0 Å². The molecule has 0 radical (unpaired) electrons. The minimum atomic E-state index is -1.69. The molecule has 0 aliphatic heterocycles. The number of carboxylic acids is 2. The molecule has 0 aromatic rings. The summed E-state index contributed by atoms with van der Waals surface area (Å²) in [7, 11) is 0. The van der Waals surface area contributed by atoms with Crippen molar-refractivity contribution in [2.45, 2.75) is 70.3 Å². The Morgan fingerprint density at radius 3 is 1.84 bits per heavy atom. The van der Waals surface area contributed by atoms with Gasteiger partial charge < -0.3 is 42.1 Å². The lowest BCUT2D eigenvalue weighted by molar-refractivity contribution is -0.145. The second kappa shape index (κ2) is 13.5. The highest BCUT2D eigenvalue weighted by atomic mass is 16.4. The maximum Gasteiger partial charge on any atom is 0.328 e. The van der Waals surface area contributed by atoms with Gasteiger partial charge >= 0.3 is 11.9 Å². The van der Waals surface area contributed by atoms with Gasteiger partial charge in [0.25, 0.3) is 0 Å². The zero-order valence-electron chi connectivity index (χ0n) is 17.7. The van der Waals surface area contributed by atoms with Crippen LogP contribution in [0.5, 0.6) is 0 Å². The van der Waals surface area contributed by atoms with Crippen LogP contribution in [0.2, 0.25) is 0 Å². The van der Waals surface area contributed by atoms with E-state index in [1.807, 2.05) is 12.2 Å². The van der Waals surface area contributed by atoms with Gasteiger partial charge in [0.2, 0.25) is 17.7 Å². The molecule has 9 N–H and O–H groups in total. The first-order valence-corrected chi connectivity index (χ1v) is 9.75. The highest BCUT2D eigenvalue weighted by Crippen LogP contribution is 2.07. The van der Waals surface area contributed by atoms with Gasteiger partial charge in [-0.15, -0.1) is 0 Å². The number of carbonyl (C=O) groups excluding carboxylic acids is 3. The Kier molecular flexibility index (Phi) is 12.3. The summed E-state index contributed by atoms with van der Waals surface area (Å²) in [5.41, 5.74) is 5.82. The van der Waals surface area contributed by atoms with Gasteiger partial charge in [0.1, 0.15) is 12.1 Å². The second-order valence-corrected chi connectivity index (χ2v) is 7.21. The van der Waals surface area contributed by atoms with Gasteiger partial charge in [-0.3, -0.25) is 19.2 Å². The number of amides is 3. The topological polar surface area (TPSA) is 228 Å². The van der Waals surface area contributed by atoms with Gasteiger partial charge in [0.05, 0.1) is 18.8 Å². The first-order chi connectivity index (χ1) is 14.3. The Morgan fingerprint density at radius 1 is 0.903 bits per heavy atom. The summed E-state index contributed by atoms with van der Waals surface area (Å²) in [6.07, 6.45) is -1.66. The van der Waals surface area contributed by atoms with Crippen LogP contribution in [0.1, 0.15) is 40.0 Å². The van der Waals surface area contributed by atoms with Crippen molar-refractivity contribution in [3.63, 3.8) is 0 Å². The van der Waals surface area contributed by atoms with Crippen molar-refractivity contribution in [3.8, 4) is 0 Å². The molecular formula is C18H32N4O9. The van der Waals surface area contributed by atoms with E-state index < -0.39 is 73.0 Å². The number of aliphatic carboxylic acids is 2. The standard InChI is InChI=1S/C18H32N4O9/c1-4-8(2)13(19)17(29)20-10(5-6-12(25)26)15(27)21-11(7-23)16(28)22-14(9(3)24)18(30)31/h8-11,13-14,23-24H,4-7,19H2,1-3H3,(H,20,29)(H,21,27)(H,22,28)(H,25,26)(H,30,31). The summed E-state index contributed by atoms with van der Waals surface area (Å²) >= 11 is 0. The number of hydrogen-bond donors (Lipinski definition) is 8. The highest BCUT2D eigenvalue weighted by Gasteiger charge is 2.32. The van der Waals surface area contributed by atoms with Crippen LogP contribution in [0.25, 0.3) is 0 Å². The molecule has 6 atom stereocenters. The highest BCUT2D eigenvalue weighted by molar-refractivity contribution is 5.94. The summed E-state index contributed by atoms with van der Waals surface area (Å²) in [6.45, 7) is 3.75. The molecule has 0 aliphatic rings. The first-order valence-electron chi connectivity index (χ1n) is 9.75. The minimum absolute atomic E-state index is 0.215. The fourth-order valence-electron chi connectivity index (χ4n) is 2.43. The molecule has 31 heavy (non-hydrogen) atoms. The van der Waals surface area contributed by atoms with E-state index in [4.69, 9.17) is 15.9 Å². The largest absolute Gasteiger partial charge is 0.481 e. The average Bonchev–Trinajstić information content (AvgIpc) is 2.70. The van der Waals surface area contributed by atoms with Gasteiger partial charge in [0.15, 0.2) is 6.04 Å². The van der Waals surface area contributed by atoms with Crippen LogP contribution in [0.3, 0.4) is 0 Å². The number of carboxylic acid groups (broad SMARTS) is 2. The number of aliphatic hydroxyl groups excluding tert-OH is 2. The summed E-state index contributed by atoms with van der Waals surface area (Å²) < 4.78 is 0. The lowest BCUT2D eigenvalue weighted by atomic mass is 9.98. The van der Waals surface area contributed by atoms with Gasteiger partial charge in [-0.2, -0.15) is 0 Å². The van der Waals surface area contributed by atoms with Crippen molar-refractivity contribution in [3.05, 3.63) is 0 Å². The van der Waals surface area contributed by atoms with Crippen LogP contribution in [0.15, 0.2) is 0 Å². The Bertz CT molecular complexity index is 656. The van der Waals surface area contributed by atoms with Crippen LogP contribution >= 0.6 is 0 Å². The zero-order valence-corrected chi connectivity index (χ0v) is 17.7. The van der Waals surface area contributed by atoms with Gasteiger partial charge in [-0.1, -0.05) is 20.3 Å². The number of rotatable bonds is 14. The predicted octanol–water partition coefficient (Wildman–Crippen LogP) is -2.86. The molecule has 3 amide bonds. The molecule has 13 heteroatoms. The van der Waals surface area contributed by atoms with Crippen LogP contribution in [0, 0.1) is 5.92 Å². The molecule has 0 spiro atoms. The molecule has 0 rings (SSSR count). The van der Waals surface area contributed by atoms with Crippen molar-refractivity contribution in [1.82, 2.24) is 16.0 Å². The van der Waals surface area contributed by atoms with Gasteiger partial charge in [0, 0.05) is 6.42 Å². The van der Waals surface area contributed by atoms with E-state index in [0.717, 1.165) is 6.92 Å². The molecule has 0 aromatic heterocycles. The summed E-state index contributed by atoms with van der Waals surface area (Å²) in [5, 5.41) is 43.2. The monoisotopic (exact) mass is 448 g/mol. The normalized spacial score (nSPS) is 16.7. The van der Waals surface area contributed by atoms with Crippen molar-refractivity contribution in [1.29, 1.82) is 0 Å².